The topological polar surface area (TPSA) is 58.1 Å². The Balaban J connectivity index is 0.00000341. The minimum absolute atomic E-state index is 0. The van der Waals surface area contributed by atoms with E-state index in [0.717, 1.165) is 42.7 Å². The maximum atomic E-state index is 5.68. The third-order valence-electron chi connectivity index (χ3n) is 5.44. The van der Waals surface area contributed by atoms with E-state index >= 15 is 0 Å². The molecule has 2 N–H and O–H groups in total. The van der Waals surface area contributed by atoms with Crippen LogP contribution in [-0.4, -0.2) is 51.3 Å². The van der Waals surface area contributed by atoms with E-state index in [9.17, 15) is 0 Å². The number of nitrogens with one attached hydrogen (secondary N) is 2. The number of hydrogen-bond donors (Lipinski definition) is 2. The summed E-state index contributed by atoms with van der Waals surface area (Å²) in [5.41, 5.74) is 2.46. The van der Waals surface area contributed by atoms with Crippen LogP contribution in [-0.2, 0) is 6.54 Å². The summed E-state index contributed by atoms with van der Waals surface area (Å²) in [7, 11) is 3.47. The van der Waals surface area contributed by atoms with Gasteiger partial charge in [-0.1, -0.05) is 36.4 Å². The van der Waals surface area contributed by atoms with Gasteiger partial charge in [0.2, 0.25) is 0 Å². The fourth-order valence-electron chi connectivity index (χ4n) is 3.89. The fraction of sp³-hybridized carbons (Fsp3) is 0.458. The van der Waals surface area contributed by atoms with Crippen molar-refractivity contribution < 1.29 is 9.47 Å². The van der Waals surface area contributed by atoms with Crippen molar-refractivity contribution in [2.45, 2.75) is 32.4 Å². The summed E-state index contributed by atoms with van der Waals surface area (Å²) in [4.78, 5) is 6.97. The molecule has 3 rings (SSSR count). The molecule has 6 nitrogen and oxygen atoms in total. The van der Waals surface area contributed by atoms with Crippen molar-refractivity contribution in [3.05, 3.63) is 59.7 Å². The Labute approximate surface area is 203 Å². The van der Waals surface area contributed by atoms with Gasteiger partial charge in [0, 0.05) is 20.1 Å². The number of halogens is 1. The molecule has 0 aromatic heterocycles. The SMILES string of the molecule is CCOc1cc(CNC(=NC)NCC(c2ccccc2)N2CCCC2)ccc1OC.I. The predicted molar refractivity (Wildman–Crippen MR) is 138 cm³/mol. The number of likely N-dealkylation sites (tertiary alicyclic amines) is 1. The van der Waals surface area contributed by atoms with E-state index in [1.54, 1.807) is 7.11 Å². The van der Waals surface area contributed by atoms with Crippen LogP contribution >= 0.6 is 24.0 Å². The Morgan fingerprint density at radius 1 is 1.06 bits per heavy atom. The molecule has 0 amide bonds. The van der Waals surface area contributed by atoms with Crippen LogP contribution in [0.4, 0.5) is 0 Å². The Bertz CT molecular complexity index is 810. The van der Waals surface area contributed by atoms with Crippen LogP contribution in [0.2, 0.25) is 0 Å². The molecule has 2 aromatic carbocycles. The molecule has 0 radical (unpaired) electrons. The molecule has 0 bridgehead atoms. The summed E-state index contributed by atoms with van der Waals surface area (Å²) in [6.07, 6.45) is 2.55. The van der Waals surface area contributed by atoms with Crippen molar-refractivity contribution in [3.63, 3.8) is 0 Å². The predicted octanol–water partition coefficient (Wildman–Crippen LogP) is 4.21. The van der Waals surface area contributed by atoms with E-state index < -0.39 is 0 Å². The van der Waals surface area contributed by atoms with Crippen molar-refractivity contribution in [2.75, 3.05) is 40.4 Å². The maximum Gasteiger partial charge on any atom is 0.191 e. The summed E-state index contributed by atoms with van der Waals surface area (Å²) >= 11 is 0. The van der Waals surface area contributed by atoms with E-state index in [2.05, 4.69) is 50.9 Å². The molecule has 1 fully saturated rings. The smallest absolute Gasteiger partial charge is 0.191 e. The monoisotopic (exact) mass is 538 g/mol. The molecule has 0 saturated carbocycles. The number of guanidine groups is 1. The number of nitrogens with zero attached hydrogens (tertiary/aromatic N) is 2. The van der Waals surface area contributed by atoms with Crippen LogP contribution in [0, 0.1) is 0 Å². The van der Waals surface area contributed by atoms with Gasteiger partial charge in [-0.3, -0.25) is 9.89 Å². The molecule has 1 aliphatic heterocycles. The molecule has 170 valence electrons. The summed E-state index contributed by atoms with van der Waals surface area (Å²) < 4.78 is 11.1. The van der Waals surface area contributed by atoms with E-state index in [-0.39, 0.29) is 24.0 Å². The van der Waals surface area contributed by atoms with Gasteiger partial charge in [-0.2, -0.15) is 0 Å². The van der Waals surface area contributed by atoms with Gasteiger partial charge in [0.25, 0.3) is 0 Å². The first-order chi connectivity index (χ1) is 14.7. The largest absolute Gasteiger partial charge is 0.493 e. The van der Waals surface area contributed by atoms with E-state index in [1.807, 2.05) is 32.2 Å². The second-order valence-electron chi connectivity index (χ2n) is 7.39. The molecular formula is C24H35IN4O2. The summed E-state index contributed by atoms with van der Waals surface area (Å²) in [6, 6.07) is 17.1. The van der Waals surface area contributed by atoms with Crippen LogP contribution in [0.3, 0.4) is 0 Å². The molecule has 2 aromatic rings. The Morgan fingerprint density at radius 2 is 1.81 bits per heavy atom. The van der Waals surface area contributed by atoms with Crippen molar-refractivity contribution in [1.82, 2.24) is 15.5 Å². The van der Waals surface area contributed by atoms with Gasteiger partial charge in [0.15, 0.2) is 17.5 Å². The third-order valence-corrected chi connectivity index (χ3v) is 5.44. The number of benzene rings is 2. The maximum absolute atomic E-state index is 5.68. The van der Waals surface area contributed by atoms with Crippen molar-refractivity contribution in [2.24, 2.45) is 4.99 Å². The zero-order chi connectivity index (χ0) is 21.2. The van der Waals surface area contributed by atoms with Crippen LogP contribution in [0.5, 0.6) is 11.5 Å². The number of methoxy groups -OCH3 is 1. The minimum atomic E-state index is 0. The highest BCUT2D eigenvalue weighted by Gasteiger charge is 2.23. The average molecular weight is 538 g/mol. The first kappa shape index (κ1) is 25.3. The second-order valence-corrected chi connectivity index (χ2v) is 7.39. The zero-order valence-electron chi connectivity index (χ0n) is 18.8. The number of rotatable bonds is 9. The van der Waals surface area contributed by atoms with E-state index in [0.29, 0.717) is 19.2 Å². The summed E-state index contributed by atoms with van der Waals surface area (Å²) in [6.45, 7) is 6.35. The van der Waals surface area contributed by atoms with Crippen LogP contribution in [0.1, 0.15) is 36.9 Å². The highest BCUT2D eigenvalue weighted by molar-refractivity contribution is 14.0. The first-order valence-corrected chi connectivity index (χ1v) is 10.8. The average Bonchev–Trinajstić information content (AvgIpc) is 3.32. The molecule has 31 heavy (non-hydrogen) atoms. The summed E-state index contributed by atoms with van der Waals surface area (Å²) in [5, 5.41) is 6.93. The Kier molecular flexibility index (Phi) is 10.9. The van der Waals surface area contributed by atoms with E-state index in [4.69, 9.17) is 9.47 Å². The van der Waals surface area contributed by atoms with E-state index in [1.165, 1.54) is 18.4 Å². The molecular weight excluding hydrogens is 503 g/mol. The van der Waals surface area contributed by atoms with Gasteiger partial charge in [-0.05, 0) is 56.1 Å². The Hall–Kier alpha value is -2.00. The molecule has 0 aliphatic carbocycles. The number of ether oxygens (including phenoxy) is 2. The van der Waals surface area contributed by atoms with Crippen molar-refractivity contribution in [1.29, 1.82) is 0 Å². The molecule has 7 heteroatoms. The lowest BCUT2D eigenvalue weighted by Crippen LogP contribution is -2.42. The normalized spacial score (nSPS) is 15.1. The Morgan fingerprint density at radius 3 is 2.45 bits per heavy atom. The molecule has 1 heterocycles. The minimum Gasteiger partial charge on any atom is -0.493 e. The molecule has 1 aliphatic rings. The van der Waals surface area contributed by atoms with Crippen LogP contribution in [0.25, 0.3) is 0 Å². The molecule has 1 unspecified atom stereocenters. The van der Waals surface area contributed by atoms with Crippen molar-refractivity contribution >= 4 is 29.9 Å². The summed E-state index contributed by atoms with van der Waals surface area (Å²) in [5.74, 6) is 2.31. The molecule has 1 atom stereocenters. The van der Waals surface area contributed by atoms with Gasteiger partial charge in [-0.15, -0.1) is 24.0 Å². The third kappa shape index (κ3) is 7.28. The molecule has 0 spiro atoms. The van der Waals surface area contributed by atoms with Gasteiger partial charge in [0.1, 0.15) is 0 Å². The fourth-order valence-corrected chi connectivity index (χ4v) is 3.89. The van der Waals surface area contributed by atoms with Gasteiger partial charge in [-0.25, -0.2) is 0 Å². The van der Waals surface area contributed by atoms with Gasteiger partial charge in [0.05, 0.1) is 19.8 Å². The number of aliphatic imine (C=N–C) groups is 1. The molecule has 1 saturated heterocycles. The first-order valence-electron chi connectivity index (χ1n) is 10.8. The lowest BCUT2D eigenvalue weighted by Gasteiger charge is -2.29. The highest BCUT2D eigenvalue weighted by atomic mass is 127. The lowest BCUT2D eigenvalue weighted by atomic mass is 10.1. The lowest BCUT2D eigenvalue weighted by molar-refractivity contribution is 0.245. The van der Waals surface area contributed by atoms with Gasteiger partial charge < -0.3 is 20.1 Å². The highest BCUT2D eigenvalue weighted by Crippen LogP contribution is 2.28. The second kappa shape index (κ2) is 13.4. The standard InChI is InChI=1S/C24H34N4O2.HI/c1-4-30-23-16-19(12-13-22(23)29-3)17-26-24(25-2)27-18-21(28-14-8-9-15-28)20-10-6-5-7-11-20;/h5-7,10-13,16,21H,4,8-9,14-15,17-18H2,1-3H3,(H2,25,26,27);1H. The van der Waals surface area contributed by atoms with Crippen molar-refractivity contribution in [3.8, 4) is 11.5 Å². The van der Waals surface area contributed by atoms with Crippen LogP contribution in [0.15, 0.2) is 53.5 Å². The number of hydrogen-bond acceptors (Lipinski definition) is 4. The zero-order valence-corrected chi connectivity index (χ0v) is 21.1. The van der Waals surface area contributed by atoms with Gasteiger partial charge >= 0.3 is 0 Å². The van der Waals surface area contributed by atoms with Crippen LogP contribution < -0.4 is 20.1 Å². The quantitative estimate of drug-likeness (QED) is 0.285.